The predicted octanol–water partition coefficient (Wildman–Crippen LogP) is 3.44. The van der Waals surface area contributed by atoms with Gasteiger partial charge in [-0.3, -0.25) is 14.5 Å². The Kier molecular flexibility index (Phi) is 7.29. The third kappa shape index (κ3) is 5.13. The highest BCUT2D eigenvalue weighted by atomic mass is 16.2. The summed E-state index contributed by atoms with van der Waals surface area (Å²) < 4.78 is 0. The Labute approximate surface area is 201 Å². The van der Waals surface area contributed by atoms with E-state index in [-0.39, 0.29) is 36.1 Å². The summed E-state index contributed by atoms with van der Waals surface area (Å²) in [5.74, 6) is 0.116. The summed E-state index contributed by atoms with van der Waals surface area (Å²) in [6.07, 6.45) is 1.90. The molecule has 0 radical (unpaired) electrons. The Balaban J connectivity index is 1.27. The molecule has 176 valence electrons. The zero-order valence-corrected chi connectivity index (χ0v) is 19.8. The largest absolute Gasteiger partial charge is 0.353 e. The Bertz CT molecular complexity index is 1080. The lowest BCUT2D eigenvalue weighted by atomic mass is 10.0. The van der Waals surface area contributed by atoms with E-state index in [0.29, 0.717) is 5.82 Å². The summed E-state index contributed by atoms with van der Waals surface area (Å²) in [5.41, 5.74) is 3.27. The summed E-state index contributed by atoms with van der Waals surface area (Å²) in [4.78, 5) is 31.5. The number of nitrogens with one attached hydrogen (secondary N) is 1. The van der Waals surface area contributed by atoms with Gasteiger partial charge < -0.3 is 15.1 Å². The molecule has 0 saturated carbocycles. The number of nitrogens with zero attached hydrogens (tertiary/aromatic N) is 4. The molecular formula is C27H31N5O2. The van der Waals surface area contributed by atoms with Crippen molar-refractivity contribution >= 4 is 23.1 Å². The van der Waals surface area contributed by atoms with E-state index in [1.54, 1.807) is 0 Å². The van der Waals surface area contributed by atoms with Crippen molar-refractivity contribution in [1.82, 2.24) is 10.2 Å². The summed E-state index contributed by atoms with van der Waals surface area (Å²) in [6.45, 7) is 2.79. The fourth-order valence-corrected chi connectivity index (χ4v) is 4.79. The molecule has 1 N–H and O–H groups in total. The number of benzene rings is 2. The molecule has 7 nitrogen and oxygen atoms in total. The number of carbonyl (C=O) groups excluding carboxylic acids is 2. The molecule has 2 heterocycles. The SMILES string of the molecule is CN1C(=C(C#N)C(=O)CCC(=O)NC2CCN(Cc3ccccc3)CC2)N(C)c2ccccc21. The molecule has 0 unspecified atom stereocenters. The zero-order valence-electron chi connectivity index (χ0n) is 19.8. The van der Waals surface area contributed by atoms with Gasteiger partial charge in [0.05, 0.1) is 11.4 Å². The average Bonchev–Trinajstić information content (AvgIpc) is 3.11. The Morgan fingerprint density at radius 1 is 0.941 bits per heavy atom. The number of piperidine rings is 1. The number of hydrogen-bond acceptors (Lipinski definition) is 6. The first kappa shape index (κ1) is 23.5. The molecule has 1 fully saturated rings. The number of hydrogen-bond donors (Lipinski definition) is 1. The predicted molar refractivity (Wildman–Crippen MR) is 133 cm³/mol. The molecule has 7 heteroatoms. The van der Waals surface area contributed by atoms with E-state index < -0.39 is 0 Å². The lowest BCUT2D eigenvalue weighted by molar-refractivity contribution is -0.124. The van der Waals surface area contributed by atoms with E-state index in [0.717, 1.165) is 43.9 Å². The number of likely N-dealkylation sites (tertiary alicyclic amines) is 1. The lowest BCUT2D eigenvalue weighted by Crippen LogP contribution is -2.44. The standard InChI is InChI=1S/C27H31N5O2/c1-30-23-10-6-7-11-24(23)31(2)27(30)22(18-28)25(33)12-13-26(34)29-21-14-16-32(17-15-21)19-20-8-4-3-5-9-20/h3-11,21H,12-17,19H2,1-2H3,(H,29,34). The van der Waals surface area contributed by atoms with Gasteiger partial charge in [-0.1, -0.05) is 42.5 Å². The number of ketones is 1. The molecule has 2 aliphatic rings. The van der Waals surface area contributed by atoms with Crippen molar-refractivity contribution in [3.63, 3.8) is 0 Å². The van der Waals surface area contributed by atoms with Gasteiger partial charge in [0, 0.05) is 52.6 Å². The van der Waals surface area contributed by atoms with Crippen LogP contribution in [-0.2, 0) is 16.1 Å². The number of nitriles is 1. The number of para-hydroxylation sites is 2. The molecule has 0 aromatic heterocycles. The van der Waals surface area contributed by atoms with E-state index in [1.165, 1.54) is 5.56 Å². The van der Waals surface area contributed by atoms with Crippen LogP contribution >= 0.6 is 0 Å². The molecule has 0 spiro atoms. The van der Waals surface area contributed by atoms with E-state index in [2.05, 4.69) is 40.6 Å². The monoisotopic (exact) mass is 457 g/mol. The van der Waals surface area contributed by atoms with Crippen molar-refractivity contribution in [1.29, 1.82) is 5.26 Å². The fraction of sp³-hybridized carbons (Fsp3) is 0.370. The second kappa shape index (κ2) is 10.5. The van der Waals surface area contributed by atoms with E-state index in [4.69, 9.17) is 0 Å². The van der Waals surface area contributed by atoms with Crippen molar-refractivity contribution in [2.24, 2.45) is 0 Å². The van der Waals surface area contributed by atoms with Crippen LogP contribution in [0.1, 0.15) is 31.2 Å². The van der Waals surface area contributed by atoms with Gasteiger partial charge in [-0.15, -0.1) is 0 Å². The van der Waals surface area contributed by atoms with Gasteiger partial charge in [-0.05, 0) is 30.5 Å². The van der Waals surface area contributed by atoms with Gasteiger partial charge in [0.2, 0.25) is 5.91 Å². The summed E-state index contributed by atoms with van der Waals surface area (Å²) >= 11 is 0. The first-order valence-electron chi connectivity index (χ1n) is 11.8. The van der Waals surface area contributed by atoms with Crippen LogP contribution in [-0.4, -0.2) is 49.8 Å². The Hall–Kier alpha value is -3.63. The first-order valence-corrected chi connectivity index (χ1v) is 11.8. The quantitative estimate of drug-likeness (QED) is 0.507. The molecule has 34 heavy (non-hydrogen) atoms. The van der Waals surface area contributed by atoms with Gasteiger partial charge in [-0.2, -0.15) is 5.26 Å². The van der Waals surface area contributed by atoms with E-state index >= 15 is 0 Å². The minimum atomic E-state index is -0.308. The maximum atomic E-state index is 12.9. The highest BCUT2D eigenvalue weighted by molar-refractivity contribution is 6.03. The van der Waals surface area contributed by atoms with E-state index in [9.17, 15) is 14.9 Å². The van der Waals surface area contributed by atoms with Crippen molar-refractivity contribution in [2.75, 3.05) is 37.0 Å². The number of fused-ring (bicyclic) bond motifs is 1. The van der Waals surface area contributed by atoms with Crippen LogP contribution in [0.4, 0.5) is 11.4 Å². The summed E-state index contributed by atoms with van der Waals surface area (Å²) in [5, 5.41) is 12.8. The molecule has 1 amide bonds. The Morgan fingerprint density at radius 2 is 1.53 bits per heavy atom. The molecule has 0 bridgehead atoms. The smallest absolute Gasteiger partial charge is 0.220 e. The average molecular weight is 458 g/mol. The van der Waals surface area contributed by atoms with Crippen LogP contribution in [0.15, 0.2) is 66.0 Å². The topological polar surface area (TPSA) is 79.7 Å². The number of anilines is 2. The molecule has 0 aliphatic carbocycles. The van der Waals surface area contributed by atoms with Crippen molar-refractivity contribution in [3.8, 4) is 6.07 Å². The fourth-order valence-electron chi connectivity index (χ4n) is 4.79. The maximum Gasteiger partial charge on any atom is 0.220 e. The number of allylic oxidation sites excluding steroid dienone is 1. The second-order valence-corrected chi connectivity index (χ2v) is 8.94. The third-order valence-electron chi connectivity index (χ3n) is 6.63. The minimum Gasteiger partial charge on any atom is -0.353 e. The number of rotatable bonds is 7. The summed E-state index contributed by atoms with van der Waals surface area (Å²) in [6, 6.07) is 20.4. The van der Waals surface area contributed by atoms with Gasteiger partial charge in [0.1, 0.15) is 17.5 Å². The van der Waals surface area contributed by atoms with Crippen molar-refractivity contribution in [3.05, 3.63) is 71.6 Å². The number of Topliss-reactive ketones (excluding diaryl/α,β-unsaturated/α-hetero) is 1. The van der Waals surface area contributed by atoms with Gasteiger partial charge in [-0.25, -0.2) is 0 Å². The first-order chi connectivity index (χ1) is 16.5. The van der Waals surface area contributed by atoms with E-state index in [1.807, 2.05) is 54.2 Å². The number of carbonyl (C=O) groups is 2. The molecule has 2 aliphatic heterocycles. The highest BCUT2D eigenvalue weighted by Crippen LogP contribution is 2.40. The van der Waals surface area contributed by atoms with Crippen molar-refractivity contribution in [2.45, 2.75) is 38.3 Å². The van der Waals surface area contributed by atoms with Crippen LogP contribution in [0.3, 0.4) is 0 Å². The third-order valence-corrected chi connectivity index (χ3v) is 6.63. The van der Waals surface area contributed by atoms with Crippen LogP contribution in [0.25, 0.3) is 0 Å². The molecular weight excluding hydrogens is 426 g/mol. The van der Waals surface area contributed by atoms with Crippen LogP contribution in [0.5, 0.6) is 0 Å². The normalized spacial score (nSPS) is 16.2. The molecule has 2 aromatic rings. The van der Waals surface area contributed by atoms with Gasteiger partial charge in [0.15, 0.2) is 5.78 Å². The lowest BCUT2D eigenvalue weighted by Gasteiger charge is -2.32. The van der Waals surface area contributed by atoms with Crippen LogP contribution < -0.4 is 15.1 Å². The number of amides is 1. The van der Waals surface area contributed by atoms with Crippen molar-refractivity contribution < 1.29 is 9.59 Å². The van der Waals surface area contributed by atoms with Gasteiger partial charge in [0.25, 0.3) is 0 Å². The Morgan fingerprint density at radius 3 is 2.12 bits per heavy atom. The molecule has 4 rings (SSSR count). The zero-order chi connectivity index (χ0) is 24.1. The van der Waals surface area contributed by atoms with Gasteiger partial charge >= 0.3 is 0 Å². The molecule has 2 aromatic carbocycles. The van der Waals surface area contributed by atoms with Crippen LogP contribution in [0, 0.1) is 11.3 Å². The minimum absolute atomic E-state index is 0.0170. The molecule has 0 atom stereocenters. The molecule has 1 saturated heterocycles. The summed E-state index contributed by atoms with van der Waals surface area (Å²) in [7, 11) is 3.69. The maximum absolute atomic E-state index is 12.9. The second-order valence-electron chi connectivity index (χ2n) is 8.94. The van der Waals surface area contributed by atoms with Crippen LogP contribution in [0.2, 0.25) is 0 Å². The highest BCUT2D eigenvalue weighted by Gasteiger charge is 2.31.